The number of hydrogen-bond donors (Lipinski definition) is 1. The van der Waals surface area contributed by atoms with Gasteiger partial charge in [0.25, 0.3) is 0 Å². The number of ether oxygens (including phenoxy) is 1. The summed E-state index contributed by atoms with van der Waals surface area (Å²) < 4.78 is 6.49. The smallest absolute Gasteiger partial charge is 0.0687 e. The highest BCUT2D eigenvalue weighted by Crippen LogP contribution is 2.48. The van der Waals surface area contributed by atoms with Crippen molar-refractivity contribution in [3.05, 3.63) is 0 Å². The van der Waals surface area contributed by atoms with Crippen molar-refractivity contribution in [3.8, 4) is 0 Å². The molecule has 2 nitrogen and oxygen atoms in total. The molecule has 2 aliphatic carbocycles. The minimum atomic E-state index is 0.321. The average Bonchev–Trinajstić information content (AvgIpc) is 3.03. The minimum absolute atomic E-state index is 0.321. The predicted octanol–water partition coefficient (Wildman–Crippen LogP) is 3.65. The van der Waals surface area contributed by atoms with Crippen LogP contribution >= 0.6 is 0 Å². The average molecular weight is 251 g/mol. The van der Waals surface area contributed by atoms with Gasteiger partial charge in [0, 0.05) is 6.04 Å². The molecule has 1 saturated heterocycles. The summed E-state index contributed by atoms with van der Waals surface area (Å²) >= 11 is 0. The Bertz CT molecular complexity index is 297. The van der Waals surface area contributed by atoms with Crippen LogP contribution in [0.4, 0.5) is 0 Å². The summed E-state index contributed by atoms with van der Waals surface area (Å²) in [6.07, 6.45) is 14.0. The van der Waals surface area contributed by atoms with Crippen molar-refractivity contribution in [3.63, 3.8) is 0 Å². The normalized spacial score (nSPS) is 43.0. The highest BCUT2D eigenvalue weighted by Gasteiger charge is 2.45. The zero-order valence-corrected chi connectivity index (χ0v) is 12.1. The first-order valence-corrected chi connectivity index (χ1v) is 7.98. The van der Waals surface area contributed by atoms with Crippen molar-refractivity contribution in [1.82, 2.24) is 5.32 Å². The van der Waals surface area contributed by atoms with Crippen LogP contribution in [0.2, 0.25) is 0 Å². The van der Waals surface area contributed by atoms with E-state index in [1.165, 1.54) is 64.2 Å². The van der Waals surface area contributed by atoms with Crippen LogP contribution in [-0.2, 0) is 4.74 Å². The van der Waals surface area contributed by atoms with E-state index in [0.29, 0.717) is 17.1 Å². The second kappa shape index (κ2) is 4.79. The number of nitrogens with one attached hydrogen (secondary N) is 1. The lowest BCUT2D eigenvalue weighted by atomic mass is 9.82. The van der Waals surface area contributed by atoms with E-state index in [1.54, 1.807) is 0 Å². The van der Waals surface area contributed by atoms with Gasteiger partial charge in [-0.1, -0.05) is 19.8 Å². The molecule has 0 aromatic rings. The predicted molar refractivity (Wildman–Crippen MR) is 74.7 cm³/mol. The van der Waals surface area contributed by atoms with Crippen LogP contribution in [0.15, 0.2) is 0 Å². The largest absolute Gasteiger partial charge is 0.372 e. The van der Waals surface area contributed by atoms with Crippen LogP contribution in [0.25, 0.3) is 0 Å². The molecule has 0 aromatic heterocycles. The Morgan fingerprint density at radius 2 is 1.89 bits per heavy atom. The lowest BCUT2D eigenvalue weighted by Crippen LogP contribution is -2.29. The molecule has 3 fully saturated rings. The Hall–Kier alpha value is -0.0800. The van der Waals surface area contributed by atoms with E-state index in [-0.39, 0.29) is 0 Å². The summed E-state index contributed by atoms with van der Waals surface area (Å²) in [4.78, 5) is 0. The summed E-state index contributed by atoms with van der Waals surface area (Å²) in [6.45, 7) is 2.48. The molecule has 3 aliphatic rings. The first-order valence-electron chi connectivity index (χ1n) is 7.98. The maximum absolute atomic E-state index is 6.49. The summed E-state index contributed by atoms with van der Waals surface area (Å²) in [5.74, 6) is 0. The fourth-order valence-corrected chi connectivity index (χ4v) is 4.73. The molecular formula is C16H29NO. The van der Waals surface area contributed by atoms with E-state index in [0.717, 1.165) is 6.04 Å². The summed E-state index contributed by atoms with van der Waals surface area (Å²) in [5, 5.41) is 3.45. The van der Waals surface area contributed by atoms with Gasteiger partial charge in [-0.3, -0.25) is 0 Å². The second-order valence-electron chi connectivity index (χ2n) is 7.41. The molecule has 1 aliphatic heterocycles. The van der Waals surface area contributed by atoms with E-state index in [4.69, 9.17) is 4.74 Å². The lowest BCUT2D eigenvalue weighted by Gasteiger charge is -2.30. The lowest BCUT2D eigenvalue weighted by molar-refractivity contribution is -0.0515. The highest BCUT2D eigenvalue weighted by molar-refractivity contribution is 4.96. The molecule has 2 heteroatoms. The molecule has 18 heavy (non-hydrogen) atoms. The third kappa shape index (κ3) is 2.46. The first kappa shape index (κ1) is 12.9. The van der Waals surface area contributed by atoms with Gasteiger partial charge >= 0.3 is 0 Å². The topological polar surface area (TPSA) is 21.3 Å². The molecule has 0 bridgehead atoms. The van der Waals surface area contributed by atoms with Gasteiger partial charge in [0.05, 0.1) is 11.7 Å². The minimum Gasteiger partial charge on any atom is -0.372 e. The van der Waals surface area contributed by atoms with E-state index in [1.807, 2.05) is 0 Å². The standard InChI is InChI=1S/C16H29NO/c1-15(9-5-13(11-15)17-2)12-14-6-10-16(18-14)7-3-4-8-16/h13-14,17H,3-12H2,1-2H3. The van der Waals surface area contributed by atoms with Gasteiger partial charge in [0.15, 0.2) is 0 Å². The van der Waals surface area contributed by atoms with E-state index < -0.39 is 0 Å². The van der Waals surface area contributed by atoms with Crippen LogP contribution in [0, 0.1) is 5.41 Å². The Labute approximate surface area is 112 Å². The zero-order valence-electron chi connectivity index (χ0n) is 12.1. The molecular weight excluding hydrogens is 222 g/mol. The van der Waals surface area contributed by atoms with Gasteiger partial charge in [-0.25, -0.2) is 0 Å². The maximum Gasteiger partial charge on any atom is 0.0687 e. The van der Waals surface area contributed by atoms with Crippen molar-refractivity contribution in [2.45, 2.75) is 88.9 Å². The molecule has 3 atom stereocenters. The molecule has 3 unspecified atom stereocenters. The van der Waals surface area contributed by atoms with Crippen molar-refractivity contribution in [1.29, 1.82) is 0 Å². The first-order chi connectivity index (χ1) is 8.63. The molecule has 1 spiro atoms. The quantitative estimate of drug-likeness (QED) is 0.826. The van der Waals surface area contributed by atoms with Gasteiger partial charge in [0.2, 0.25) is 0 Å². The van der Waals surface area contributed by atoms with Crippen LogP contribution in [0.3, 0.4) is 0 Å². The number of hydrogen-bond acceptors (Lipinski definition) is 2. The molecule has 0 radical (unpaired) electrons. The SMILES string of the molecule is CNC1CCC(C)(CC2CCC3(CCCC3)O2)C1. The third-order valence-corrected chi connectivity index (χ3v) is 5.82. The zero-order chi connectivity index (χ0) is 12.6. The van der Waals surface area contributed by atoms with E-state index >= 15 is 0 Å². The Kier molecular flexibility index (Phi) is 3.44. The van der Waals surface area contributed by atoms with E-state index in [2.05, 4.69) is 19.3 Å². The van der Waals surface area contributed by atoms with Crippen molar-refractivity contribution in [2.24, 2.45) is 5.41 Å². The summed E-state index contributed by atoms with van der Waals surface area (Å²) in [7, 11) is 2.11. The summed E-state index contributed by atoms with van der Waals surface area (Å²) in [6, 6.07) is 0.747. The maximum atomic E-state index is 6.49. The van der Waals surface area contributed by atoms with Crippen LogP contribution in [0.1, 0.15) is 71.1 Å². The Balaban J connectivity index is 1.55. The van der Waals surface area contributed by atoms with Crippen LogP contribution < -0.4 is 5.32 Å². The number of rotatable bonds is 3. The molecule has 104 valence electrons. The van der Waals surface area contributed by atoms with Gasteiger partial charge in [-0.05, 0) is 63.8 Å². The van der Waals surface area contributed by atoms with Gasteiger partial charge in [-0.2, -0.15) is 0 Å². The molecule has 1 heterocycles. The fourth-order valence-electron chi connectivity index (χ4n) is 4.73. The van der Waals surface area contributed by atoms with E-state index in [9.17, 15) is 0 Å². The van der Waals surface area contributed by atoms with Crippen LogP contribution in [0.5, 0.6) is 0 Å². The Morgan fingerprint density at radius 1 is 1.11 bits per heavy atom. The fraction of sp³-hybridized carbons (Fsp3) is 1.00. The summed E-state index contributed by atoms with van der Waals surface area (Å²) in [5.41, 5.74) is 0.852. The molecule has 3 rings (SSSR count). The van der Waals surface area contributed by atoms with Crippen molar-refractivity contribution >= 4 is 0 Å². The third-order valence-electron chi connectivity index (χ3n) is 5.82. The molecule has 0 aromatic carbocycles. The second-order valence-corrected chi connectivity index (χ2v) is 7.41. The van der Waals surface area contributed by atoms with Crippen LogP contribution in [-0.4, -0.2) is 24.8 Å². The van der Waals surface area contributed by atoms with Gasteiger partial charge < -0.3 is 10.1 Å². The molecule has 1 N–H and O–H groups in total. The monoisotopic (exact) mass is 251 g/mol. The Morgan fingerprint density at radius 3 is 2.56 bits per heavy atom. The van der Waals surface area contributed by atoms with Gasteiger partial charge in [-0.15, -0.1) is 0 Å². The van der Waals surface area contributed by atoms with Crippen molar-refractivity contribution in [2.75, 3.05) is 7.05 Å². The highest BCUT2D eigenvalue weighted by atomic mass is 16.5. The molecule has 0 amide bonds. The molecule has 2 saturated carbocycles. The van der Waals surface area contributed by atoms with Gasteiger partial charge in [0.1, 0.15) is 0 Å². The van der Waals surface area contributed by atoms with Crippen molar-refractivity contribution < 1.29 is 4.74 Å².